The third kappa shape index (κ3) is 5.49. The number of benzene rings is 5. The van der Waals surface area contributed by atoms with Crippen LogP contribution >= 0.6 is 0 Å². The van der Waals surface area contributed by atoms with Gasteiger partial charge in [-0.05, 0) is 82.6 Å². The van der Waals surface area contributed by atoms with Gasteiger partial charge < -0.3 is 18.9 Å². The number of hydrogen-bond donors (Lipinski definition) is 0. The fourth-order valence-corrected chi connectivity index (χ4v) is 6.51. The van der Waals surface area contributed by atoms with E-state index in [4.69, 9.17) is 18.9 Å². The molecule has 4 nitrogen and oxygen atoms in total. The summed E-state index contributed by atoms with van der Waals surface area (Å²) in [7, 11) is 0. The number of aryl methyl sites for hydroxylation is 4. The number of hydrogen-bond acceptors (Lipinski definition) is 4. The van der Waals surface area contributed by atoms with Crippen LogP contribution in [0.3, 0.4) is 0 Å². The van der Waals surface area contributed by atoms with Crippen LogP contribution in [0.25, 0.3) is 21.5 Å². The topological polar surface area (TPSA) is 43.5 Å². The van der Waals surface area contributed by atoms with E-state index in [-0.39, 0.29) is 12.2 Å². The Kier molecular flexibility index (Phi) is 7.13. The third-order valence-electron chi connectivity index (χ3n) is 8.51. The van der Waals surface area contributed by atoms with Gasteiger partial charge in [-0.15, -0.1) is 0 Å². The van der Waals surface area contributed by atoms with Gasteiger partial charge in [0.05, 0.1) is 13.2 Å². The van der Waals surface area contributed by atoms with Crippen molar-refractivity contribution in [1.29, 1.82) is 0 Å². The first-order valence-corrected chi connectivity index (χ1v) is 15.0. The highest BCUT2D eigenvalue weighted by molar-refractivity contribution is 6.06. The molecule has 214 valence electrons. The lowest BCUT2D eigenvalue weighted by Crippen LogP contribution is -2.09. The van der Waals surface area contributed by atoms with Crippen LogP contribution in [0.4, 0.5) is 0 Å². The smallest absolute Gasteiger partial charge is 0.125 e. The normalized spacial score (nSPS) is 17.5. The maximum absolute atomic E-state index is 6.38. The van der Waals surface area contributed by atoms with Crippen molar-refractivity contribution in [1.82, 2.24) is 0 Å². The molecule has 2 aliphatic rings. The highest BCUT2D eigenvalue weighted by atomic mass is 16.6. The molecule has 7 rings (SSSR count). The van der Waals surface area contributed by atoms with Gasteiger partial charge in [-0.25, -0.2) is 0 Å². The van der Waals surface area contributed by atoms with Crippen molar-refractivity contribution in [3.05, 3.63) is 117 Å². The van der Waals surface area contributed by atoms with Crippen LogP contribution in [0.5, 0.6) is 11.5 Å². The molecule has 2 saturated heterocycles. The molecule has 5 aromatic rings. The molecule has 2 aliphatic heterocycles. The van der Waals surface area contributed by atoms with E-state index in [9.17, 15) is 0 Å². The number of rotatable bonds is 10. The molecule has 4 heteroatoms. The van der Waals surface area contributed by atoms with E-state index in [0.717, 1.165) is 37.6 Å². The quantitative estimate of drug-likeness (QED) is 0.129. The average molecular weight is 559 g/mol. The summed E-state index contributed by atoms with van der Waals surface area (Å²) < 4.78 is 23.6. The summed E-state index contributed by atoms with van der Waals surface area (Å²) in [5, 5.41) is 5.17. The van der Waals surface area contributed by atoms with Crippen molar-refractivity contribution in [2.24, 2.45) is 0 Å². The van der Waals surface area contributed by atoms with Gasteiger partial charge in [-0.2, -0.15) is 0 Å². The van der Waals surface area contributed by atoms with Gasteiger partial charge in [-0.3, -0.25) is 0 Å². The molecule has 2 atom stereocenters. The lowest BCUT2D eigenvalue weighted by molar-refractivity contribution is 0.260. The van der Waals surface area contributed by atoms with Crippen molar-refractivity contribution in [2.45, 2.75) is 52.7 Å². The van der Waals surface area contributed by atoms with Crippen LogP contribution in [-0.2, 0) is 22.3 Å². The van der Waals surface area contributed by atoms with Gasteiger partial charge in [0.25, 0.3) is 0 Å². The van der Waals surface area contributed by atoms with E-state index in [1.807, 2.05) is 0 Å². The molecule has 0 aromatic heterocycles. The van der Waals surface area contributed by atoms with E-state index >= 15 is 0 Å². The van der Waals surface area contributed by atoms with Gasteiger partial charge >= 0.3 is 0 Å². The van der Waals surface area contributed by atoms with Crippen LogP contribution in [-0.4, -0.2) is 38.6 Å². The van der Waals surface area contributed by atoms with Crippen molar-refractivity contribution in [2.75, 3.05) is 26.4 Å². The van der Waals surface area contributed by atoms with E-state index in [0.29, 0.717) is 13.2 Å². The lowest BCUT2D eigenvalue weighted by Gasteiger charge is -2.21. The van der Waals surface area contributed by atoms with Crippen molar-refractivity contribution in [3.8, 4) is 11.5 Å². The maximum atomic E-state index is 6.38. The Labute approximate surface area is 248 Å². The van der Waals surface area contributed by atoms with Gasteiger partial charge in [0, 0.05) is 12.8 Å². The Balaban J connectivity index is 1.36. The first-order valence-electron chi connectivity index (χ1n) is 15.0. The Bertz CT molecular complexity index is 1610. The molecule has 0 N–H and O–H groups in total. The highest BCUT2D eigenvalue weighted by Gasteiger charge is 2.26. The Morgan fingerprint density at radius 3 is 1.26 bits per heavy atom. The van der Waals surface area contributed by atoms with Gasteiger partial charge in [0.15, 0.2) is 0 Å². The zero-order valence-electron chi connectivity index (χ0n) is 25.0. The summed E-state index contributed by atoms with van der Waals surface area (Å²) in [6.45, 7) is 11.4. The third-order valence-corrected chi connectivity index (χ3v) is 8.51. The minimum Gasteiger partial charge on any atom is -0.490 e. The fourth-order valence-electron chi connectivity index (χ4n) is 6.51. The molecule has 42 heavy (non-hydrogen) atoms. The van der Waals surface area contributed by atoms with Crippen LogP contribution < -0.4 is 9.47 Å². The van der Waals surface area contributed by atoms with Crippen LogP contribution in [0.15, 0.2) is 72.8 Å². The fraction of sp³-hybridized carbons (Fsp3) is 0.316. The monoisotopic (exact) mass is 558 g/mol. The maximum Gasteiger partial charge on any atom is 0.125 e. The molecule has 2 heterocycles. The molecule has 0 spiro atoms. The summed E-state index contributed by atoms with van der Waals surface area (Å²) in [5.41, 5.74) is 9.98. The van der Waals surface area contributed by atoms with Crippen molar-refractivity contribution in [3.63, 3.8) is 0 Å². The molecular weight excluding hydrogens is 520 g/mol. The van der Waals surface area contributed by atoms with Gasteiger partial charge in [0.1, 0.15) is 36.9 Å². The van der Waals surface area contributed by atoms with E-state index in [1.165, 1.54) is 66.1 Å². The largest absolute Gasteiger partial charge is 0.490 e. The summed E-state index contributed by atoms with van der Waals surface area (Å²) in [5.74, 6) is 1.98. The molecule has 0 radical (unpaired) electrons. The first-order chi connectivity index (χ1) is 20.4. The molecule has 0 amide bonds. The highest BCUT2D eigenvalue weighted by Crippen LogP contribution is 2.39. The minimum absolute atomic E-state index is 0.218. The standard InChI is InChI=1S/C38H38O4/c1-23-13-25(3)37(41-21-29-19-39-29)27(15-23)17-35-31-9-5-7-11-33(31)36(34-12-8-6-10-32(34)35)18-28-16-24(2)14-26(4)38(28)42-22-30-20-40-30/h5-16,29-30H,17-22H2,1-4H3. The molecule has 5 aromatic carbocycles. The van der Waals surface area contributed by atoms with E-state index in [2.05, 4.69) is 100 Å². The molecule has 2 unspecified atom stereocenters. The van der Waals surface area contributed by atoms with Gasteiger partial charge in [0.2, 0.25) is 0 Å². The zero-order valence-corrected chi connectivity index (χ0v) is 25.0. The van der Waals surface area contributed by atoms with E-state index in [1.54, 1.807) is 0 Å². The number of fused-ring (bicyclic) bond motifs is 2. The predicted octanol–water partition coefficient (Wildman–Crippen LogP) is 7.96. The second-order valence-electron chi connectivity index (χ2n) is 12.1. The lowest BCUT2D eigenvalue weighted by atomic mass is 9.85. The van der Waals surface area contributed by atoms with Gasteiger partial charge in [-0.1, -0.05) is 83.9 Å². The Morgan fingerprint density at radius 2 is 0.929 bits per heavy atom. The Morgan fingerprint density at radius 1 is 0.571 bits per heavy atom. The summed E-state index contributed by atoms with van der Waals surface area (Å²) in [4.78, 5) is 0. The second-order valence-corrected chi connectivity index (χ2v) is 12.1. The van der Waals surface area contributed by atoms with Crippen LogP contribution in [0.1, 0.15) is 44.5 Å². The first kappa shape index (κ1) is 27.0. The molecule has 0 saturated carbocycles. The SMILES string of the molecule is Cc1cc(C)c(OCC2CO2)c(Cc2c3ccccc3c(Cc3cc(C)cc(C)c3OCC3CO3)c3ccccc23)c1. The average Bonchev–Trinajstić information content (AvgIpc) is 3.90. The number of ether oxygens (including phenoxy) is 4. The summed E-state index contributed by atoms with van der Waals surface area (Å²) >= 11 is 0. The molecule has 2 fully saturated rings. The predicted molar refractivity (Wildman–Crippen MR) is 169 cm³/mol. The molecule has 0 bridgehead atoms. The minimum atomic E-state index is 0.218. The van der Waals surface area contributed by atoms with Crippen molar-refractivity contribution >= 4 is 21.5 Å². The Hall–Kier alpha value is -3.86. The summed E-state index contributed by atoms with van der Waals surface area (Å²) in [6, 6.07) is 26.8. The van der Waals surface area contributed by atoms with Crippen molar-refractivity contribution < 1.29 is 18.9 Å². The van der Waals surface area contributed by atoms with Crippen LogP contribution in [0, 0.1) is 27.7 Å². The van der Waals surface area contributed by atoms with E-state index < -0.39 is 0 Å². The molecule has 0 aliphatic carbocycles. The van der Waals surface area contributed by atoms with Crippen LogP contribution in [0.2, 0.25) is 0 Å². The zero-order chi connectivity index (χ0) is 28.8. The summed E-state index contributed by atoms with van der Waals surface area (Å²) in [6.07, 6.45) is 2.03. The number of epoxide rings is 2. The molecular formula is C38H38O4. The second kappa shape index (κ2) is 11.1.